The molecule has 3 aliphatic carbocycles. The van der Waals surface area contributed by atoms with E-state index in [0.717, 1.165) is 12.8 Å². The van der Waals surface area contributed by atoms with Gasteiger partial charge in [0, 0.05) is 5.92 Å². The van der Waals surface area contributed by atoms with Crippen molar-refractivity contribution in [3.63, 3.8) is 0 Å². The summed E-state index contributed by atoms with van der Waals surface area (Å²) in [5, 5.41) is 0. The second-order valence-electron chi connectivity index (χ2n) is 11.0. The lowest BCUT2D eigenvalue weighted by Crippen LogP contribution is -2.51. The minimum atomic E-state index is -4.71. The molecular formula is C28H35F6NO3. The van der Waals surface area contributed by atoms with Gasteiger partial charge < -0.3 is 9.47 Å². The van der Waals surface area contributed by atoms with Crippen LogP contribution in [0.1, 0.15) is 52.4 Å². The van der Waals surface area contributed by atoms with E-state index in [1.165, 1.54) is 36.3 Å². The van der Waals surface area contributed by atoms with Crippen molar-refractivity contribution >= 4 is 5.97 Å². The molecule has 4 rings (SSSR count). The van der Waals surface area contributed by atoms with Crippen molar-refractivity contribution in [3.05, 3.63) is 46.8 Å². The zero-order valence-electron chi connectivity index (χ0n) is 21.9. The monoisotopic (exact) mass is 547 g/mol. The second-order valence-corrected chi connectivity index (χ2v) is 11.0. The largest absolute Gasteiger partial charge is 0.490 e. The maximum atomic E-state index is 14.3. The van der Waals surface area contributed by atoms with Crippen LogP contribution in [0.2, 0.25) is 0 Å². The molecule has 0 radical (unpaired) electrons. The van der Waals surface area contributed by atoms with Crippen LogP contribution in [0.3, 0.4) is 0 Å². The summed E-state index contributed by atoms with van der Waals surface area (Å²) < 4.78 is 96.5. The molecule has 0 aromatic carbocycles. The van der Waals surface area contributed by atoms with Gasteiger partial charge >= 0.3 is 18.3 Å². The number of carbonyl (C=O) groups excluding carboxylic acids is 1. The third-order valence-corrected chi connectivity index (χ3v) is 8.30. The van der Waals surface area contributed by atoms with E-state index in [1.54, 1.807) is 6.92 Å². The standard InChI is InChI=1S/C28H35F6NO3/c1-16-4-7-20(8-5-16)38-23-14-17(2)22-15-19(6-9-21(22)24(23)27(29,30)31)25(28(32,33)34)35-12-10-18(11-13-35)26(36)37-3/h6,9,14-18,20,22,25H,4-5,7-8,10-13H2,1-3H3. The molecule has 1 heterocycles. The Kier molecular flexibility index (Phi) is 8.40. The van der Waals surface area contributed by atoms with E-state index in [0.29, 0.717) is 18.8 Å². The average Bonchev–Trinajstić information content (AvgIpc) is 2.84. The van der Waals surface area contributed by atoms with Gasteiger partial charge in [-0.1, -0.05) is 32.1 Å². The molecule has 4 aliphatic rings. The lowest BCUT2D eigenvalue weighted by Gasteiger charge is -2.40. The number of fused-ring (bicyclic) bond motifs is 1. The first-order valence-electron chi connectivity index (χ1n) is 13.3. The van der Waals surface area contributed by atoms with Gasteiger partial charge in [0.05, 0.1) is 19.1 Å². The van der Waals surface area contributed by atoms with Crippen LogP contribution in [0, 0.1) is 23.7 Å². The Morgan fingerprint density at radius 3 is 2.13 bits per heavy atom. The number of hydrogen-bond donors (Lipinski definition) is 0. The predicted molar refractivity (Wildman–Crippen MR) is 130 cm³/mol. The van der Waals surface area contributed by atoms with Crippen LogP contribution in [0.5, 0.6) is 0 Å². The Morgan fingerprint density at radius 1 is 0.947 bits per heavy atom. The molecule has 3 unspecified atom stereocenters. The molecule has 1 saturated carbocycles. The minimum absolute atomic E-state index is 0.0315. The van der Waals surface area contributed by atoms with Crippen LogP contribution in [0.15, 0.2) is 46.8 Å². The Bertz CT molecular complexity index is 1010. The van der Waals surface area contributed by atoms with Crippen LogP contribution in [-0.2, 0) is 14.3 Å². The van der Waals surface area contributed by atoms with Crippen molar-refractivity contribution in [2.45, 2.75) is 76.9 Å². The SMILES string of the molecule is COC(=O)C1CCN(C(C2=CC3C(=C(C(F)(F)F)C(OC4CCC(C)CC4)=CC3C)C=C2)C(F)(F)F)CC1. The zero-order chi connectivity index (χ0) is 27.8. The van der Waals surface area contributed by atoms with Crippen LogP contribution < -0.4 is 0 Å². The van der Waals surface area contributed by atoms with Crippen molar-refractivity contribution < 1.29 is 40.6 Å². The van der Waals surface area contributed by atoms with E-state index < -0.39 is 47.7 Å². The molecule has 38 heavy (non-hydrogen) atoms. The van der Waals surface area contributed by atoms with Crippen LogP contribution in [0.25, 0.3) is 0 Å². The summed E-state index contributed by atoms with van der Waals surface area (Å²) in [4.78, 5) is 13.1. The van der Waals surface area contributed by atoms with E-state index in [4.69, 9.17) is 9.47 Å². The number of carbonyl (C=O) groups is 1. The van der Waals surface area contributed by atoms with Gasteiger partial charge in [-0.25, -0.2) is 0 Å². The number of ether oxygens (including phenoxy) is 2. The predicted octanol–water partition coefficient (Wildman–Crippen LogP) is 6.90. The number of piperidine rings is 1. The fourth-order valence-corrected chi connectivity index (χ4v) is 6.18. The maximum Gasteiger partial charge on any atom is 0.420 e. The minimum Gasteiger partial charge on any atom is -0.490 e. The zero-order valence-corrected chi connectivity index (χ0v) is 21.9. The van der Waals surface area contributed by atoms with Gasteiger partial charge in [0.2, 0.25) is 0 Å². The number of esters is 1. The van der Waals surface area contributed by atoms with Crippen molar-refractivity contribution in [3.8, 4) is 0 Å². The molecule has 1 saturated heterocycles. The van der Waals surface area contributed by atoms with E-state index in [-0.39, 0.29) is 48.9 Å². The van der Waals surface area contributed by atoms with Crippen LogP contribution >= 0.6 is 0 Å². The van der Waals surface area contributed by atoms with Gasteiger partial charge in [-0.05, 0) is 80.7 Å². The highest BCUT2D eigenvalue weighted by Crippen LogP contribution is 2.47. The molecular weight excluding hydrogens is 512 g/mol. The number of methoxy groups -OCH3 is 1. The highest BCUT2D eigenvalue weighted by Gasteiger charge is 2.49. The Hall–Kier alpha value is -2.23. The first-order chi connectivity index (χ1) is 17.8. The normalized spacial score (nSPS) is 30.3. The molecule has 0 aromatic heterocycles. The van der Waals surface area contributed by atoms with Crippen molar-refractivity contribution in [2.24, 2.45) is 23.7 Å². The topological polar surface area (TPSA) is 38.8 Å². The molecule has 1 aliphatic heterocycles. The summed E-state index contributed by atoms with van der Waals surface area (Å²) in [6.07, 6.45) is -0.957. The van der Waals surface area contributed by atoms with E-state index in [1.807, 2.05) is 0 Å². The quantitative estimate of drug-likeness (QED) is 0.277. The number of halogens is 6. The van der Waals surface area contributed by atoms with Gasteiger partial charge in [0.15, 0.2) is 0 Å². The summed E-state index contributed by atoms with van der Waals surface area (Å²) in [5.41, 5.74) is -1.02. The molecule has 0 amide bonds. The molecule has 0 aromatic rings. The second kappa shape index (κ2) is 11.1. The number of nitrogens with zero attached hydrogens (tertiary/aromatic N) is 1. The molecule has 212 valence electrons. The highest BCUT2D eigenvalue weighted by molar-refractivity contribution is 5.72. The average molecular weight is 548 g/mol. The Labute approximate surface area is 219 Å². The van der Waals surface area contributed by atoms with Crippen molar-refractivity contribution in [1.82, 2.24) is 4.90 Å². The van der Waals surface area contributed by atoms with Gasteiger partial charge in [-0.2, -0.15) is 26.3 Å². The lowest BCUT2D eigenvalue weighted by molar-refractivity contribution is -0.177. The van der Waals surface area contributed by atoms with Crippen molar-refractivity contribution in [1.29, 1.82) is 0 Å². The van der Waals surface area contributed by atoms with E-state index >= 15 is 0 Å². The summed E-state index contributed by atoms with van der Waals surface area (Å²) >= 11 is 0. The lowest BCUT2D eigenvalue weighted by atomic mass is 9.74. The van der Waals surface area contributed by atoms with Gasteiger partial charge in [-0.15, -0.1) is 0 Å². The molecule has 2 fully saturated rings. The molecule has 3 atom stereocenters. The van der Waals surface area contributed by atoms with E-state index in [2.05, 4.69) is 6.92 Å². The summed E-state index contributed by atoms with van der Waals surface area (Å²) in [5.74, 6) is -1.94. The number of alkyl halides is 6. The van der Waals surface area contributed by atoms with Gasteiger partial charge in [-0.3, -0.25) is 9.69 Å². The van der Waals surface area contributed by atoms with Crippen LogP contribution in [0.4, 0.5) is 26.3 Å². The number of likely N-dealkylation sites (tertiary alicyclic amines) is 1. The van der Waals surface area contributed by atoms with Gasteiger partial charge in [0.25, 0.3) is 0 Å². The molecule has 10 heteroatoms. The molecule has 0 spiro atoms. The summed E-state index contributed by atoms with van der Waals surface area (Å²) in [6, 6.07) is -1.97. The summed E-state index contributed by atoms with van der Waals surface area (Å²) in [7, 11) is 1.25. The van der Waals surface area contributed by atoms with Crippen molar-refractivity contribution in [2.75, 3.05) is 20.2 Å². The summed E-state index contributed by atoms with van der Waals surface area (Å²) in [6.45, 7) is 3.88. The van der Waals surface area contributed by atoms with Gasteiger partial charge in [0.1, 0.15) is 17.4 Å². The van der Waals surface area contributed by atoms with E-state index in [9.17, 15) is 31.1 Å². The molecule has 4 nitrogen and oxygen atoms in total. The third kappa shape index (κ3) is 6.15. The Morgan fingerprint density at radius 2 is 1.58 bits per heavy atom. The maximum absolute atomic E-state index is 14.3. The first kappa shape index (κ1) is 28.8. The first-order valence-corrected chi connectivity index (χ1v) is 13.3. The van der Waals surface area contributed by atoms with Crippen LogP contribution in [-0.4, -0.2) is 55.6 Å². The highest BCUT2D eigenvalue weighted by atomic mass is 19.4. The third-order valence-electron chi connectivity index (χ3n) is 8.30. The fraction of sp³-hybridized carbons (Fsp3) is 0.679. The smallest absolute Gasteiger partial charge is 0.420 e. The number of hydrogen-bond acceptors (Lipinski definition) is 4. The molecule has 0 bridgehead atoms. The Balaban J connectivity index is 1.61. The number of rotatable bonds is 5. The number of allylic oxidation sites excluding steroid dienone is 5. The fourth-order valence-electron chi connectivity index (χ4n) is 6.18. The molecule has 0 N–H and O–H groups in total.